The van der Waals surface area contributed by atoms with Gasteiger partial charge in [0.2, 0.25) is 0 Å². The molecule has 0 unspecified atom stereocenters. The molecule has 8 nitrogen and oxygen atoms in total. The average molecular weight is 498 g/mol. The summed E-state index contributed by atoms with van der Waals surface area (Å²) >= 11 is 0. The van der Waals surface area contributed by atoms with Crippen molar-refractivity contribution in [1.29, 1.82) is 0 Å². The number of rotatable bonds is 9. The van der Waals surface area contributed by atoms with Crippen molar-refractivity contribution in [3.8, 4) is 22.8 Å². The molecule has 0 aliphatic heterocycles. The molecule has 0 aliphatic rings. The monoisotopic (exact) mass is 497 g/mol. The Hall–Kier alpha value is -3.79. The molecule has 10 heteroatoms. The number of halogens is 2. The van der Waals surface area contributed by atoms with E-state index < -0.39 is 12.0 Å². The molecule has 2 aromatic carbocycles. The van der Waals surface area contributed by atoms with Gasteiger partial charge in [-0.25, -0.2) is 13.8 Å². The second-order valence-electron chi connectivity index (χ2n) is 8.88. The second kappa shape index (κ2) is 10.1. The second-order valence-corrected chi connectivity index (χ2v) is 8.88. The molecule has 4 aromatic rings. The molecule has 1 N–H and O–H groups in total. The van der Waals surface area contributed by atoms with Gasteiger partial charge in [0, 0.05) is 54.3 Å². The van der Waals surface area contributed by atoms with E-state index in [1.165, 1.54) is 14.2 Å². The highest BCUT2D eigenvalue weighted by Gasteiger charge is 2.34. The Labute approximate surface area is 208 Å². The predicted octanol–water partition coefficient (Wildman–Crippen LogP) is 5.25. The zero-order valence-corrected chi connectivity index (χ0v) is 20.8. The fraction of sp³-hybridized carbons (Fsp3) is 0.346. The number of aliphatic hydroxyl groups is 1. The number of alkyl halides is 2. The third kappa shape index (κ3) is 5.38. The number of fused-ring (bicyclic) bond motifs is 1. The SMILES string of the molecule is COc1cc(OC)cc(N(C[C@@H](O)C(C)(F)F)c2ccc3ncc(-c4cnn(C(C)C)c4)nc3c2)c1. The number of aromatic nitrogens is 4. The van der Waals surface area contributed by atoms with Gasteiger partial charge in [0.05, 0.1) is 49.9 Å². The first-order valence-corrected chi connectivity index (χ1v) is 11.5. The smallest absolute Gasteiger partial charge is 0.272 e. The number of anilines is 2. The molecule has 0 saturated carbocycles. The first-order chi connectivity index (χ1) is 17.1. The van der Waals surface area contributed by atoms with E-state index in [9.17, 15) is 13.9 Å². The zero-order chi connectivity index (χ0) is 26.0. The van der Waals surface area contributed by atoms with Crippen LogP contribution in [0.25, 0.3) is 22.3 Å². The summed E-state index contributed by atoms with van der Waals surface area (Å²) in [4.78, 5) is 10.8. The Morgan fingerprint density at radius 2 is 1.69 bits per heavy atom. The number of aliphatic hydroxyl groups excluding tert-OH is 1. The van der Waals surface area contributed by atoms with E-state index >= 15 is 0 Å². The van der Waals surface area contributed by atoms with Crippen molar-refractivity contribution in [3.63, 3.8) is 0 Å². The van der Waals surface area contributed by atoms with Crippen LogP contribution in [0.4, 0.5) is 20.2 Å². The molecule has 0 aliphatic carbocycles. The third-order valence-corrected chi connectivity index (χ3v) is 5.85. The molecule has 36 heavy (non-hydrogen) atoms. The number of ether oxygens (including phenoxy) is 2. The lowest BCUT2D eigenvalue weighted by atomic mass is 10.1. The van der Waals surface area contributed by atoms with Gasteiger partial charge in [0.15, 0.2) is 0 Å². The number of hydrogen-bond donors (Lipinski definition) is 1. The average Bonchev–Trinajstić information content (AvgIpc) is 3.36. The van der Waals surface area contributed by atoms with Gasteiger partial charge in [-0.2, -0.15) is 5.10 Å². The van der Waals surface area contributed by atoms with Crippen LogP contribution in [0, 0.1) is 0 Å². The quantitative estimate of drug-likeness (QED) is 0.338. The van der Waals surface area contributed by atoms with Crippen LogP contribution in [0.15, 0.2) is 55.0 Å². The Morgan fingerprint density at radius 3 is 2.28 bits per heavy atom. The van der Waals surface area contributed by atoms with Crippen LogP contribution in [0.3, 0.4) is 0 Å². The van der Waals surface area contributed by atoms with E-state index in [0.29, 0.717) is 46.5 Å². The number of benzene rings is 2. The lowest BCUT2D eigenvalue weighted by molar-refractivity contribution is -0.0878. The van der Waals surface area contributed by atoms with Gasteiger partial charge in [-0.3, -0.25) is 9.67 Å². The molecule has 4 rings (SSSR count). The van der Waals surface area contributed by atoms with Gasteiger partial charge in [0.25, 0.3) is 5.92 Å². The summed E-state index contributed by atoms with van der Waals surface area (Å²) in [6, 6.07) is 10.5. The molecule has 0 bridgehead atoms. The summed E-state index contributed by atoms with van der Waals surface area (Å²) in [6.07, 6.45) is 3.38. The molecular formula is C26H29F2N5O3. The van der Waals surface area contributed by atoms with Crippen molar-refractivity contribution in [3.05, 3.63) is 55.0 Å². The maximum absolute atomic E-state index is 14.0. The standard InChI is InChI=1S/C26H29F2N5O3/c1-16(2)33-14-17(12-30-33)24-13-29-22-7-6-18(10-23(22)31-24)32(15-25(34)26(3,27)28)19-8-20(35-4)11-21(9-19)36-5/h6-14,16,25,34H,15H2,1-5H3/t25-/m1/s1. The first-order valence-electron chi connectivity index (χ1n) is 11.5. The summed E-state index contributed by atoms with van der Waals surface area (Å²) in [7, 11) is 3.01. The van der Waals surface area contributed by atoms with Crippen LogP contribution in [0.5, 0.6) is 11.5 Å². The van der Waals surface area contributed by atoms with Crippen molar-refractivity contribution in [2.24, 2.45) is 0 Å². The van der Waals surface area contributed by atoms with Gasteiger partial charge in [-0.05, 0) is 32.0 Å². The van der Waals surface area contributed by atoms with Gasteiger partial charge in [-0.1, -0.05) is 0 Å². The van der Waals surface area contributed by atoms with E-state index in [-0.39, 0.29) is 12.6 Å². The summed E-state index contributed by atoms with van der Waals surface area (Å²) in [6.45, 7) is 4.38. The van der Waals surface area contributed by atoms with Crippen LogP contribution in [-0.2, 0) is 0 Å². The molecule has 2 heterocycles. The Morgan fingerprint density at radius 1 is 1.00 bits per heavy atom. The molecule has 2 aromatic heterocycles. The van der Waals surface area contributed by atoms with Crippen LogP contribution in [0.1, 0.15) is 26.8 Å². The van der Waals surface area contributed by atoms with Crippen molar-refractivity contribution in [2.75, 3.05) is 25.7 Å². The van der Waals surface area contributed by atoms with Crippen LogP contribution >= 0.6 is 0 Å². The lowest BCUT2D eigenvalue weighted by Gasteiger charge is -2.30. The molecule has 190 valence electrons. The highest BCUT2D eigenvalue weighted by Crippen LogP contribution is 2.35. The highest BCUT2D eigenvalue weighted by molar-refractivity contribution is 5.82. The largest absolute Gasteiger partial charge is 0.497 e. The normalized spacial score (nSPS) is 12.7. The minimum absolute atomic E-state index is 0.204. The Bertz CT molecular complexity index is 1330. The van der Waals surface area contributed by atoms with Gasteiger partial charge >= 0.3 is 0 Å². The third-order valence-electron chi connectivity index (χ3n) is 5.85. The summed E-state index contributed by atoms with van der Waals surface area (Å²) in [5, 5.41) is 14.7. The zero-order valence-electron chi connectivity index (χ0n) is 20.8. The van der Waals surface area contributed by atoms with E-state index in [2.05, 4.69) is 10.1 Å². The number of nitrogens with zero attached hydrogens (tertiary/aromatic N) is 5. The number of hydrogen-bond acceptors (Lipinski definition) is 7. The van der Waals surface area contributed by atoms with Crippen molar-refractivity contribution >= 4 is 22.4 Å². The first kappa shape index (κ1) is 25.3. The highest BCUT2D eigenvalue weighted by atomic mass is 19.3. The van der Waals surface area contributed by atoms with Crippen molar-refractivity contribution in [1.82, 2.24) is 19.7 Å². The fourth-order valence-corrected chi connectivity index (χ4v) is 3.70. The van der Waals surface area contributed by atoms with Gasteiger partial charge < -0.3 is 19.5 Å². The Balaban J connectivity index is 1.80. The maximum atomic E-state index is 14.0. The van der Waals surface area contributed by atoms with Crippen molar-refractivity contribution in [2.45, 2.75) is 38.8 Å². The molecular weight excluding hydrogens is 468 g/mol. The van der Waals surface area contributed by atoms with E-state index in [0.717, 1.165) is 5.56 Å². The van der Waals surface area contributed by atoms with Gasteiger partial charge in [0.1, 0.15) is 17.6 Å². The summed E-state index contributed by atoms with van der Waals surface area (Å²) in [5.74, 6) is -2.34. The maximum Gasteiger partial charge on any atom is 0.272 e. The molecule has 0 radical (unpaired) electrons. The fourth-order valence-electron chi connectivity index (χ4n) is 3.70. The molecule has 0 amide bonds. The van der Waals surface area contributed by atoms with E-state index in [4.69, 9.17) is 14.5 Å². The molecule has 0 spiro atoms. The summed E-state index contributed by atoms with van der Waals surface area (Å²) in [5.41, 5.74) is 3.73. The molecule has 0 fully saturated rings. The van der Waals surface area contributed by atoms with Crippen LogP contribution in [-0.4, -0.2) is 57.6 Å². The van der Waals surface area contributed by atoms with Crippen LogP contribution in [0.2, 0.25) is 0 Å². The molecule has 1 atom stereocenters. The van der Waals surface area contributed by atoms with Crippen molar-refractivity contribution < 1.29 is 23.4 Å². The van der Waals surface area contributed by atoms with Crippen LogP contribution < -0.4 is 14.4 Å². The topological polar surface area (TPSA) is 85.5 Å². The number of methoxy groups -OCH3 is 2. The molecule has 0 saturated heterocycles. The van der Waals surface area contributed by atoms with E-state index in [1.54, 1.807) is 53.7 Å². The summed E-state index contributed by atoms with van der Waals surface area (Å²) < 4.78 is 40.5. The minimum Gasteiger partial charge on any atom is -0.497 e. The Kier molecular flexibility index (Phi) is 7.07. The van der Waals surface area contributed by atoms with Gasteiger partial charge in [-0.15, -0.1) is 0 Å². The lowest BCUT2D eigenvalue weighted by Crippen LogP contribution is -2.40. The van der Waals surface area contributed by atoms with E-state index in [1.807, 2.05) is 24.7 Å². The minimum atomic E-state index is -3.30. The predicted molar refractivity (Wildman–Crippen MR) is 134 cm³/mol.